The summed E-state index contributed by atoms with van der Waals surface area (Å²) >= 11 is 0. The summed E-state index contributed by atoms with van der Waals surface area (Å²) in [5.41, 5.74) is 0. The summed E-state index contributed by atoms with van der Waals surface area (Å²) in [6.45, 7) is 7.53. The number of aliphatic hydroxyl groups excluding tert-OH is 1. The lowest BCUT2D eigenvalue weighted by Gasteiger charge is -2.24. The van der Waals surface area contributed by atoms with Crippen molar-refractivity contribution in [2.24, 2.45) is 0 Å². The van der Waals surface area contributed by atoms with Crippen molar-refractivity contribution >= 4 is 0 Å². The van der Waals surface area contributed by atoms with Crippen molar-refractivity contribution < 1.29 is 24.1 Å². The Labute approximate surface area is 94.9 Å². The van der Waals surface area contributed by atoms with Crippen molar-refractivity contribution in [1.29, 1.82) is 0 Å². The summed E-state index contributed by atoms with van der Waals surface area (Å²) in [4.78, 5) is 0. The van der Waals surface area contributed by atoms with Crippen LogP contribution in [0.1, 0.15) is 13.8 Å². The van der Waals surface area contributed by atoms with Crippen molar-refractivity contribution in [3.8, 4) is 0 Å². The van der Waals surface area contributed by atoms with Gasteiger partial charge in [0.1, 0.15) is 18.3 Å². The molecule has 0 radical (unpaired) electrons. The van der Waals surface area contributed by atoms with Gasteiger partial charge in [-0.15, -0.1) is 6.58 Å². The van der Waals surface area contributed by atoms with E-state index < -0.39 is 18.2 Å². The number of hydrogen-bond acceptors (Lipinski definition) is 5. The van der Waals surface area contributed by atoms with E-state index in [1.165, 1.54) is 0 Å². The van der Waals surface area contributed by atoms with E-state index in [4.69, 9.17) is 18.9 Å². The summed E-state index contributed by atoms with van der Waals surface area (Å²) in [6.07, 6.45) is 0.206. The fourth-order valence-electron chi connectivity index (χ4n) is 2.07. The van der Waals surface area contributed by atoms with Crippen molar-refractivity contribution in [2.45, 2.75) is 44.2 Å². The molecule has 16 heavy (non-hydrogen) atoms. The maximum Gasteiger partial charge on any atom is 0.190 e. The second kappa shape index (κ2) is 4.43. The van der Waals surface area contributed by atoms with E-state index in [1.807, 2.05) is 13.8 Å². The van der Waals surface area contributed by atoms with Crippen LogP contribution in [0, 0.1) is 0 Å². The van der Waals surface area contributed by atoms with Gasteiger partial charge in [0, 0.05) is 0 Å². The molecule has 0 bridgehead atoms. The lowest BCUT2D eigenvalue weighted by molar-refractivity contribution is -0.221. The standard InChI is InChI=1S/C11H18O5/c1-4-5-13-8-7(6-12)14-10-9(8)15-11(2,3)16-10/h4,7-10,12H,1,5-6H2,2-3H3/t7?,8?,9-,10-/m1/s1. The van der Waals surface area contributed by atoms with Crippen LogP contribution in [0.2, 0.25) is 0 Å². The van der Waals surface area contributed by atoms with Crippen LogP contribution < -0.4 is 0 Å². The van der Waals surface area contributed by atoms with Crippen LogP contribution in [-0.4, -0.2) is 48.7 Å². The topological polar surface area (TPSA) is 57.2 Å². The second-order valence-corrected chi connectivity index (χ2v) is 4.41. The van der Waals surface area contributed by atoms with Gasteiger partial charge >= 0.3 is 0 Å². The molecule has 2 aliphatic rings. The normalized spacial score (nSPS) is 40.9. The molecule has 0 aromatic heterocycles. The summed E-state index contributed by atoms with van der Waals surface area (Å²) in [5.74, 6) is -0.661. The van der Waals surface area contributed by atoms with Crippen LogP contribution in [0.3, 0.4) is 0 Å². The maximum atomic E-state index is 9.18. The van der Waals surface area contributed by atoms with Gasteiger partial charge in [0.25, 0.3) is 0 Å². The first-order valence-corrected chi connectivity index (χ1v) is 5.42. The first kappa shape index (κ1) is 12.0. The van der Waals surface area contributed by atoms with Gasteiger partial charge in [-0.3, -0.25) is 0 Å². The van der Waals surface area contributed by atoms with E-state index in [-0.39, 0.29) is 18.8 Å². The molecule has 2 rings (SSSR count). The summed E-state index contributed by atoms with van der Waals surface area (Å²) in [5, 5.41) is 9.18. The first-order chi connectivity index (χ1) is 7.57. The minimum atomic E-state index is -0.661. The van der Waals surface area contributed by atoms with E-state index in [0.29, 0.717) is 6.61 Å². The zero-order chi connectivity index (χ0) is 11.8. The Balaban J connectivity index is 2.04. The average molecular weight is 230 g/mol. The molecule has 0 saturated carbocycles. The molecule has 92 valence electrons. The number of hydrogen-bond donors (Lipinski definition) is 1. The smallest absolute Gasteiger partial charge is 0.190 e. The predicted octanol–water partition coefficient (Wildman–Crippen LogP) is 0.426. The minimum absolute atomic E-state index is 0.109. The molecule has 4 atom stereocenters. The molecule has 0 aromatic rings. The lowest BCUT2D eigenvalue weighted by Crippen LogP contribution is -2.38. The van der Waals surface area contributed by atoms with Crippen molar-refractivity contribution in [1.82, 2.24) is 0 Å². The highest BCUT2D eigenvalue weighted by Gasteiger charge is 2.55. The molecule has 1 N–H and O–H groups in total. The maximum absolute atomic E-state index is 9.18. The monoisotopic (exact) mass is 230 g/mol. The Morgan fingerprint density at radius 3 is 2.81 bits per heavy atom. The zero-order valence-electron chi connectivity index (χ0n) is 9.59. The van der Waals surface area contributed by atoms with Crippen LogP contribution in [0.25, 0.3) is 0 Å². The average Bonchev–Trinajstić information content (AvgIpc) is 2.67. The molecule has 2 saturated heterocycles. The third kappa shape index (κ3) is 2.14. The Morgan fingerprint density at radius 1 is 1.44 bits per heavy atom. The van der Waals surface area contributed by atoms with Gasteiger partial charge in [-0.05, 0) is 13.8 Å². The van der Waals surface area contributed by atoms with Gasteiger partial charge < -0.3 is 24.1 Å². The minimum Gasteiger partial charge on any atom is -0.394 e. The van der Waals surface area contributed by atoms with Crippen molar-refractivity contribution in [3.05, 3.63) is 12.7 Å². The molecule has 0 aromatic carbocycles. The van der Waals surface area contributed by atoms with Gasteiger partial charge in [-0.2, -0.15) is 0 Å². The third-order valence-electron chi connectivity index (χ3n) is 2.67. The fraction of sp³-hybridized carbons (Fsp3) is 0.818. The van der Waals surface area contributed by atoms with Gasteiger partial charge in [-0.25, -0.2) is 0 Å². The summed E-state index contributed by atoms with van der Waals surface area (Å²) < 4.78 is 22.3. The van der Waals surface area contributed by atoms with Gasteiger partial charge in [0.05, 0.1) is 13.2 Å². The van der Waals surface area contributed by atoms with Crippen LogP contribution >= 0.6 is 0 Å². The largest absolute Gasteiger partial charge is 0.394 e. The van der Waals surface area contributed by atoms with E-state index in [0.717, 1.165) is 0 Å². The number of aliphatic hydroxyl groups is 1. The Hall–Kier alpha value is -0.460. The first-order valence-electron chi connectivity index (χ1n) is 5.42. The van der Waals surface area contributed by atoms with E-state index >= 15 is 0 Å². The summed E-state index contributed by atoms with van der Waals surface area (Å²) in [7, 11) is 0. The van der Waals surface area contributed by atoms with Crippen LogP contribution in [0.15, 0.2) is 12.7 Å². The fourth-order valence-corrected chi connectivity index (χ4v) is 2.07. The zero-order valence-corrected chi connectivity index (χ0v) is 9.59. The molecule has 0 aliphatic carbocycles. The van der Waals surface area contributed by atoms with Gasteiger partial charge in [0.2, 0.25) is 0 Å². The highest BCUT2D eigenvalue weighted by Crippen LogP contribution is 2.38. The highest BCUT2D eigenvalue weighted by molar-refractivity contribution is 4.94. The molecule has 2 aliphatic heterocycles. The SMILES string of the molecule is C=CCOC1C(CO)O[C@@H]2OC(C)(C)O[C@H]12. The molecule has 0 amide bonds. The molecule has 5 nitrogen and oxygen atoms in total. The summed E-state index contributed by atoms with van der Waals surface area (Å²) in [6, 6.07) is 0. The number of rotatable bonds is 4. The molecule has 2 heterocycles. The molecule has 5 heteroatoms. The Kier molecular flexibility index (Phi) is 3.32. The van der Waals surface area contributed by atoms with Crippen molar-refractivity contribution in [2.75, 3.05) is 13.2 Å². The van der Waals surface area contributed by atoms with Gasteiger partial charge in [0.15, 0.2) is 12.1 Å². The predicted molar refractivity (Wildman–Crippen MR) is 55.7 cm³/mol. The lowest BCUT2D eigenvalue weighted by atomic mass is 10.1. The molecular formula is C11H18O5. The van der Waals surface area contributed by atoms with Gasteiger partial charge in [-0.1, -0.05) is 6.08 Å². The second-order valence-electron chi connectivity index (χ2n) is 4.41. The number of fused-ring (bicyclic) bond motifs is 1. The third-order valence-corrected chi connectivity index (χ3v) is 2.67. The van der Waals surface area contributed by atoms with Crippen molar-refractivity contribution in [3.63, 3.8) is 0 Å². The molecule has 0 spiro atoms. The van der Waals surface area contributed by atoms with Crippen LogP contribution in [-0.2, 0) is 18.9 Å². The highest BCUT2D eigenvalue weighted by atomic mass is 16.8. The quantitative estimate of drug-likeness (QED) is 0.710. The van der Waals surface area contributed by atoms with Crippen LogP contribution in [0.5, 0.6) is 0 Å². The van der Waals surface area contributed by atoms with E-state index in [9.17, 15) is 5.11 Å². The Morgan fingerprint density at radius 2 is 2.19 bits per heavy atom. The number of ether oxygens (including phenoxy) is 4. The van der Waals surface area contributed by atoms with E-state index in [2.05, 4.69) is 6.58 Å². The molecule has 2 unspecified atom stereocenters. The van der Waals surface area contributed by atoms with E-state index in [1.54, 1.807) is 6.08 Å². The Bertz CT molecular complexity index is 265. The van der Waals surface area contributed by atoms with Crippen LogP contribution in [0.4, 0.5) is 0 Å². The molecular weight excluding hydrogens is 212 g/mol. The molecule has 2 fully saturated rings.